The number of benzene rings is 2. The van der Waals surface area contributed by atoms with Crippen LogP contribution in [0.5, 0.6) is 0 Å². The predicted molar refractivity (Wildman–Crippen MR) is 80.6 cm³/mol. The summed E-state index contributed by atoms with van der Waals surface area (Å²) in [4.78, 5) is 0. The van der Waals surface area contributed by atoms with Crippen LogP contribution in [-0.4, -0.2) is 5.11 Å². The zero-order chi connectivity index (χ0) is 13.9. The Morgan fingerprint density at radius 3 is 2.37 bits per heavy atom. The van der Waals surface area contributed by atoms with E-state index in [1.54, 1.807) is 12.1 Å². The van der Waals surface area contributed by atoms with Crippen LogP contribution in [0.4, 0.5) is 0 Å². The Balaban J connectivity index is 2.37. The summed E-state index contributed by atoms with van der Waals surface area (Å²) in [5.74, 6) is 0. The molecule has 100 valence electrons. The van der Waals surface area contributed by atoms with Crippen LogP contribution in [0.25, 0.3) is 0 Å². The van der Waals surface area contributed by atoms with E-state index in [9.17, 15) is 5.11 Å². The zero-order valence-electron chi connectivity index (χ0n) is 11.4. The van der Waals surface area contributed by atoms with Gasteiger partial charge < -0.3 is 5.11 Å². The summed E-state index contributed by atoms with van der Waals surface area (Å²) in [6.45, 7) is 3.98. The van der Waals surface area contributed by atoms with Crippen molar-refractivity contribution in [1.82, 2.24) is 0 Å². The molecule has 19 heavy (non-hydrogen) atoms. The highest BCUT2D eigenvalue weighted by molar-refractivity contribution is 6.30. The normalized spacial score (nSPS) is 14.1. The van der Waals surface area contributed by atoms with Crippen LogP contribution in [0.15, 0.2) is 48.5 Å². The van der Waals surface area contributed by atoms with Crippen LogP contribution in [0.3, 0.4) is 0 Å². The first-order valence-corrected chi connectivity index (χ1v) is 6.99. The highest BCUT2D eigenvalue weighted by Crippen LogP contribution is 2.30. The Kier molecular flexibility index (Phi) is 4.28. The molecule has 2 aromatic rings. The highest BCUT2D eigenvalue weighted by Gasteiger charge is 2.25. The first-order valence-electron chi connectivity index (χ1n) is 6.62. The van der Waals surface area contributed by atoms with Crippen molar-refractivity contribution >= 4 is 11.6 Å². The maximum atomic E-state index is 10.8. The van der Waals surface area contributed by atoms with Crippen molar-refractivity contribution in [3.63, 3.8) is 0 Å². The Hall–Kier alpha value is -1.31. The van der Waals surface area contributed by atoms with Crippen molar-refractivity contribution in [1.29, 1.82) is 0 Å². The second kappa shape index (κ2) is 5.77. The smallest absolute Gasteiger partial charge is 0.112 e. The van der Waals surface area contributed by atoms with Gasteiger partial charge in [-0.25, -0.2) is 0 Å². The molecule has 0 spiro atoms. The van der Waals surface area contributed by atoms with Gasteiger partial charge in [-0.05, 0) is 42.2 Å². The summed E-state index contributed by atoms with van der Waals surface area (Å²) in [5, 5.41) is 11.5. The average molecular weight is 275 g/mol. The summed E-state index contributed by atoms with van der Waals surface area (Å²) < 4.78 is 0. The van der Waals surface area contributed by atoms with E-state index < -0.39 is 5.60 Å². The van der Waals surface area contributed by atoms with Crippen LogP contribution in [0, 0.1) is 0 Å². The lowest BCUT2D eigenvalue weighted by atomic mass is 9.87. The molecule has 0 aliphatic carbocycles. The molecule has 2 rings (SSSR count). The van der Waals surface area contributed by atoms with Crippen LogP contribution in [0.2, 0.25) is 5.02 Å². The minimum Gasteiger partial charge on any atom is -0.381 e. The summed E-state index contributed by atoms with van der Waals surface area (Å²) in [6.07, 6.45) is 2.14. The lowest BCUT2D eigenvalue weighted by molar-refractivity contribution is 0.102. The minimum absolute atomic E-state index is 0.680. The number of hydrogen-bond donors (Lipinski definition) is 1. The van der Waals surface area contributed by atoms with Crippen molar-refractivity contribution < 1.29 is 5.11 Å². The second-order valence-electron chi connectivity index (χ2n) is 5.03. The van der Waals surface area contributed by atoms with Gasteiger partial charge in [-0.3, -0.25) is 0 Å². The van der Waals surface area contributed by atoms with Crippen molar-refractivity contribution in [2.24, 2.45) is 0 Å². The number of hydrogen-bond acceptors (Lipinski definition) is 1. The molecular formula is C17H19ClO. The van der Waals surface area contributed by atoms with E-state index in [1.807, 2.05) is 31.2 Å². The quantitative estimate of drug-likeness (QED) is 0.867. The largest absolute Gasteiger partial charge is 0.381 e. The molecule has 2 heteroatoms. The third-order valence-corrected chi connectivity index (χ3v) is 3.69. The molecule has 0 saturated heterocycles. The van der Waals surface area contributed by atoms with Gasteiger partial charge in [0, 0.05) is 5.02 Å². The maximum Gasteiger partial charge on any atom is 0.112 e. The second-order valence-corrected chi connectivity index (χ2v) is 5.47. The molecule has 1 nitrogen and oxygen atoms in total. The SMILES string of the molecule is CCCc1cccc(C(C)(O)c2ccc(Cl)cc2)c1. The monoisotopic (exact) mass is 274 g/mol. The van der Waals surface area contributed by atoms with Gasteiger partial charge in [-0.1, -0.05) is 61.3 Å². The molecule has 1 atom stereocenters. The Morgan fingerprint density at radius 2 is 1.74 bits per heavy atom. The Morgan fingerprint density at radius 1 is 1.05 bits per heavy atom. The molecule has 0 saturated carbocycles. The first-order chi connectivity index (χ1) is 9.04. The number of rotatable bonds is 4. The third kappa shape index (κ3) is 3.17. The van der Waals surface area contributed by atoms with Crippen molar-refractivity contribution in [3.05, 3.63) is 70.2 Å². The average Bonchev–Trinajstić information content (AvgIpc) is 2.40. The summed E-state index contributed by atoms with van der Waals surface area (Å²) in [5.41, 5.74) is 2.04. The summed E-state index contributed by atoms with van der Waals surface area (Å²) >= 11 is 5.89. The number of halogens is 1. The minimum atomic E-state index is -0.992. The van der Waals surface area contributed by atoms with Gasteiger partial charge in [0.05, 0.1) is 0 Å². The first kappa shape index (κ1) is 14.1. The van der Waals surface area contributed by atoms with Crippen molar-refractivity contribution in [2.45, 2.75) is 32.3 Å². The van der Waals surface area contributed by atoms with E-state index in [4.69, 9.17) is 11.6 Å². The van der Waals surface area contributed by atoms with Gasteiger partial charge in [0.15, 0.2) is 0 Å². The molecule has 0 radical (unpaired) electrons. The lowest BCUT2D eigenvalue weighted by Crippen LogP contribution is -2.22. The van der Waals surface area contributed by atoms with E-state index in [0.29, 0.717) is 5.02 Å². The van der Waals surface area contributed by atoms with Crippen LogP contribution in [0.1, 0.15) is 37.0 Å². The van der Waals surface area contributed by atoms with E-state index in [1.165, 1.54) is 5.56 Å². The van der Waals surface area contributed by atoms with Gasteiger partial charge in [0.25, 0.3) is 0 Å². The molecule has 0 fully saturated rings. The molecule has 0 aromatic heterocycles. The van der Waals surface area contributed by atoms with Crippen LogP contribution < -0.4 is 0 Å². The van der Waals surface area contributed by atoms with Gasteiger partial charge in [0.1, 0.15) is 5.60 Å². The van der Waals surface area contributed by atoms with Gasteiger partial charge in [-0.15, -0.1) is 0 Å². The Bertz CT molecular complexity index is 543. The fourth-order valence-electron chi connectivity index (χ4n) is 2.26. The fourth-order valence-corrected chi connectivity index (χ4v) is 2.39. The van der Waals surface area contributed by atoms with Gasteiger partial charge in [0.2, 0.25) is 0 Å². The number of aryl methyl sites for hydroxylation is 1. The van der Waals surface area contributed by atoms with Crippen LogP contribution in [-0.2, 0) is 12.0 Å². The van der Waals surface area contributed by atoms with E-state index in [0.717, 1.165) is 24.0 Å². The maximum absolute atomic E-state index is 10.8. The Labute approximate surface area is 119 Å². The van der Waals surface area contributed by atoms with E-state index >= 15 is 0 Å². The fraction of sp³-hybridized carbons (Fsp3) is 0.294. The molecular weight excluding hydrogens is 256 g/mol. The van der Waals surface area contributed by atoms with E-state index in [2.05, 4.69) is 19.1 Å². The van der Waals surface area contributed by atoms with Crippen molar-refractivity contribution in [3.8, 4) is 0 Å². The molecule has 0 aliphatic rings. The molecule has 0 aliphatic heterocycles. The predicted octanol–water partition coefficient (Wildman–Crippen LogP) is 4.55. The van der Waals surface area contributed by atoms with Crippen LogP contribution >= 0.6 is 11.6 Å². The summed E-state index contributed by atoms with van der Waals surface area (Å²) in [6, 6.07) is 15.5. The van der Waals surface area contributed by atoms with E-state index in [-0.39, 0.29) is 0 Å². The topological polar surface area (TPSA) is 20.2 Å². The molecule has 0 bridgehead atoms. The lowest BCUT2D eigenvalue weighted by Gasteiger charge is -2.25. The molecule has 1 N–H and O–H groups in total. The molecule has 0 heterocycles. The third-order valence-electron chi connectivity index (χ3n) is 3.43. The standard InChI is InChI=1S/C17H19ClO/c1-3-5-13-6-4-7-15(12-13)17(2,19)14-8-10-16(18)11-9-14/h4,6-12,19H,3,5H2,1-2H3. The molecule has 1 unspecified atom stereocenters. The van der Waals surface area contributed by atoms with Gasteiger partial charge in [-0.2, -0.15) is 0 Å². The number of aliphatic hydroxyl groups is 1. The van der Waals surface area contributed by atoms with Crippen molar-refractivity contribution in [2.75, 3.05) is 0 Å². The van der Waals surface area contributed by atoms with Gasteiger partial charge >= 0.3 is 0 Å². The molecule has 0 amide bonds. The molecule has 2 aromatic carbocycles. The zero-order valence-corrected chi connectivity index (χ0v) is 12.1. The summed E-state index contributed by atoms with van der Waals surface area (Å²) in [7, 11) is 0. The highest BCUT2D eigenvalue weighted by atomic mass is 35.5.